The van der Waals surface area contributed by atoms with Gasteiger partial charge in [-0.3, -0.25) is 0 Å². The van der Waals surface area contributed by atoms with Crippen molar-refractivity contribution in [1.29, 1.82) is 0 Å². The number of rotatable bonds is 3. The summed E-state index contributed by atoms with van der Waals surface area (Å²) in [7, 11) is 0. The van der Waals surface area contributed by atoms with Crippen molar-refractivity contribution in [2.24, 2.45) is 0 Å². The lowest BCUT2D eigenvalue weighted by Crippen LogP contribution is -2.10. The monoisotopic (exact) mass is 230 g/mol. The highest BCUT2D eigenvalue weighted by molar-refractivity contribution is 5.27. The molecule has 0 spiro atoms. The summed E-state index contributed by atoms with van der Waals surface area (Å²) in [6.07, 6.45) is 7.51. The highest BCUT2D eigenvalue weighted by Gasteiger charge is 2.20. The minimum absolute atomic E-state index is 0.269. The summed E-state index contributed by atoms with van der Waals surface area (Å²) in [4.78, 5) is 0. The van der Waals surface area contributed by atoms with E-state index >= 15 is 0 Å². The molecule has 1 heteroatoms. The van der Waals surface area contributed by atoms with Crippen molar-refractivity contribution < 1.29 is 4.74 Å². The average Bonchev–Trinajstić information content (AvgIpc) is 2.55. The van der Waals surface area contributed by atoms with Gasteiger partial charge in [0, 0.05) is 5.92 Å². The molecule has 0 heterocycles. The van der Waals surface area contributed by atoms with E-state index in [4.69, 9.17) is 4.74 Å². The molecule has 0 N–H and O–H groups in total. The van der Waals surface area contributed by atoms with Crippen LogP contribution in [0.25, 0.3) is 0 Å². The molecule has 92 valence electrons. The Labute approximate surface area is 104 Å². The quantitative estimate of drug-likeness (QED) is 0.734. The fraction of sp³-hybridized carbons (Fsp3) is 0.500. The fourth-order valence-corrected chi connectivity index (χ4v) is 2.44. The Morgan fingerprint density at radius 2 is 1.88 bits per heavy atom. The number of hydrogen-bond donors (Lipinski definition) is 0. The molecule has 2 rings (SSSR count). The van der Waals surface area contributed by atoms with Crippen LogP contribution >= 0.6 is 0 Å². The summed E-state index contributed by atoms with van der Waals surface area (Å²) >= 11 is 0. The molecule has 0 saturated heterocycles. The van der Waals surface area contributed by atoms with Gasteiger partial charge in [-0.15, -0.1) is 0 Å². The maximum atomic E-state index is 6.00. The van der Waals surface area contributed by atoms with E-state index in [1.807, 2.05) is 0 Å². The van der Waals surface area contributed by atoms with Crippen LogP contribution in [0.2, 0.25) is 0 Å². The third-order valence-electron chi connectivity index (χ3n) is 3.21. The third kappa shape index (κ3) is 3.36. The van der Waals surface area contributed by atoms with Gasteiger partial charge in [0.15, 0.2) is 0 Å². The number of benzene rings is 1. The van der Waals surface area contributed by atoms with Crippen molar-refractivity contribution in [2.45, 2.75) is 51.6 Å². The second-order valence-corrected chi connectivity index (χ2v) is 5.02. The molecule has 1 unspecified atom stereocenters. The Morgan fingerprint density at radius 3 is 2.59 bits per heavy atom. The van der Waals surface area contributed by atoms with Crippen LogP contribution in [-0.2, 0) is 4.74 Å². The molecule has 1 aliphatic carbocycles. The summed E-state index contributed by atoms with van der Waals surface area (Å²) in [5, 5.41) is 0. The van der Waals surface area contributed by atoms with Gasteiger partial charge in [-0.25, -0.2) is 0 Å². The highest BCUT2D eigenvalue weighted by Crippen LogP contribution is 2.34. The average molecular weight is 230 g/mol. The van der Waals surface area contributed by atoms with Gasteiger partial charge < -0.3 is 4.74 Å². The van der Waals surface area contributed by atoms with Crippen molar-refractivity contribution in [3.05, 3.63) is 47.7 Å². The first-order chi connectivity index (χ1) is 8.27. The van der Waals surface area contributed by atoms with Crippen LogP contribution in [0, 0.1) is 0 Å². The molecule has 1 atom stereocenters. The first-order valence-electron chi connectivity index (χ1n) is 6.69. The van der Waals surface area contributed by atoms with Gasteiger partial charge >= 0.3 is 0 Å². The summed E-state index contributed by atoms with van der Waals surface area (Å²) in [6, 6.07) is 10.7. The largest absolute Gasteiger partial charge is 0.495 e. The molecule has 0 bridgehead atoms. The lowest BCUT2D eigenvalue weighted by atomic mass is 9.93. The van der Waals surface area contributed by atoms with Crippen LogP contribution in [0.4, 0.5) is 0 Å². The minimum Gasteiger partial charge on any atom is -0.495 e. The van der Waals surface area contributed by atoms with Gasteiger partial charge in [-0.05, 0) is 44.7 Å². The number of hydrogen-bond acceptors (Lipinski definition) is 1. The van der Waals surface area contributed by atoms with E-state index in [0.717, 1.165) is 6.42 Å². The zero-order chi connectivity index (χ0) is 12.1. The molecule has 1 nitrogen and oxygen atoms in total. The SMILES string of the molecule is CC(C)OC1=CCCCCC1c1ccccc1. The smallest absolute Gasteiger partial charge is 0.0998 e. The Bertz CT molecular complexity index is 364. The maximum absolute atomic E-state index is 6.00. The predicted molar refractivity (Wildman–Crippen MR) is 72.0 cm³/mol. The van der Waals surface area contributed by atoms with Gasteiger partial charge in [-0.1, -0.05) is 36.8 Å². The molecule has 1 aliphatic rings. The molecule has 0 aliphatic heterocycles. The molecule has 1 aromatic rings. The van der Waals surface area contributed by atoms with E-state index in [1.165, 1.54) is 30.6 Å². The van der Waals surface area contributed by atoms with Crippen molar-refractivity contribution in [2.75, 3.05) is 0 Å². The van der Waals surface area contributed by atoms with Crippen molar-refractivity contribution in [1.82, 2.24) is 0 Å². The number of allylic oxidation sites excluding steroid dienone is 2. The molecule has 0 saturated carbocycles. The predicted octanol–water partition coefficient (Wildman–Crippen LogP) is 4.65. The van der Waals surface area contributed by atoms with Crippen LogP contribution in [-0.4, -0.2) is 6.10 Å². The molecular weight excluding hydrogens is 208 g/mol. The Hall–Kier alpha value is -1.24. The third-order valence-corrected chi connectivity index (χ3v) is 3.21. The van der Waals surface area contributed by atoms with E-state index in [2.05, 4.69) is 50.3 Å². The summed E-state index contributed by atoms with van der Waals surface area (Å²) in [6.45, 7) is 4.21. The van der Waals surface area contributed by atoms with Gasteiger partial charge in [0.25, 0.3) is 0 Å². The van der Waals surface area contributed by atoms with Crippen LogP contribution in [0.5, 0.6) is 0 Å². The number of ether oxygens (including phenoxy) is 1. The Kier molecular flexibility index (Phi) is 4.24. The van der Waals surface area contributed by atoms with Gasteiger partial charge in [0.2, 0.25) is 0 Å². The Morgan fingerprint density at radius 1 is 1.12 bits per heavy atom. The standard InChI is InChI=1S/C16H22O/c1-13(2)17-16-12-8-4-7-11-15(16)14-9-5-3-6-10-14/h3,5-6,9-10,12-13,15H,4,7-8,11H2,1-2H3. The normalized spacial score (nSPS) is 20.9. The molecule has 0 amide bonds. The van der Waals surface area contributed by atoms with E-state index in [-0.39, 0.29) is 6.10 Å². The van der Waals surface area contributed by atoms with Crippen molar-refractivity contribution in [3.8, 4) is 0 Å². The maximum Gasteiger partial charge on any atom is 0.0998 e. The second kappa shape index (κ2) is 5.90. The van der Waals surface area contributed by atoms with Crippen LogP contribution in [0.15, 0.2) is 42.2 Å². The topological polar surface area (TPSA) is 9.23 Å². The van der Waals surface area contributed by atoms with Gasteiger partial charge in [0.1, 0.15) is 0 Å². The van der Waals surface area contributed by atoms with Crippen LogP contribution in [0.3, 0.4) is 0 Å². The second-order valence-electron chi connectivity index (χ2n) is 5.02. The summed E-state index contributed by atoms with van der Waals surface area (Å²) < 4.78 is 6.00. The minimum atomic E-state index is 0.269. The van der Waals surface area contributed by atoms with E-state index in [0.29, 0.717) is 5.92 Å². The summed E-state index contributed by atoms with van der Waals surface area (Å²) in [5.74, 6) is 1.64. The lowest BCUT2D eigenvalue weighted by molar-refractivity contribution is 0.131. The summed E-state index contributed by atoms with van der Waals surface area (Å²) in [5.41, 5.74) is 1.39. The van der Waals surface area contributed by atoms with Gasteiger partial charge in [-0.2, -0.15) is 0 Å². The Balaban J connectivity index is 2.22. The van der Waals surface area contributed by atoms with E-state index in [9.17, 15) is 0 Å². The fourth-order valence-electron chi connectivity index (χ4n) is 2.44. The first kappa shape index (κ1) is 12.2. The molecule has 1 aromatic carbocycles. The van der Waals surface area contributed by atoms with Crippen LogP contribution < -0.4 is 0 Å². The molecule has 0 fully saturated rings. The molecule has 0 aromatic heterocycles. The first-order valence-corrected chi connectivity index (χ1v) is 6.69. The zero-order valence-electron chi connectivity index (χ0n) is 10.9. The van der Waals surface area contributed by atoms with E-state index < -0.39 is 0 Å². The van der Waals surface area contributed by atoms with Crippen LogP contribution in [0.1, 0.15) is 51.0 Å². The zero-order valence-corrected chi connectivity index (χ0v) is 10.9. The lowest BCUT2D eigenvalue weighted by Gasteiger charge is -2.22. The van der Waals surface area contributed by atoms with Crippen molar-refractivity contribution in [3.63, 3.8) is 0 Å². The van der Waals surface area contributed by atoms with Crippen molar-refractivity contribution >= 4 is 0 Å². The molecular formula is C16H22O. The van der Waals surface area contributed by atoms with Gasteiger partial charge in [0.05, 0.1) is 11.9 Å². The highest BCUT2D eigenvalue weighted by atomic mass is 16.5. The molecule has 0 radical (unpaired) electrons. The van der Waals surface area contributed by atoms with E-state index in [1.54, 1.807) is 0 Å². The molecule has 17 heavy (non-hydrogen) atoms.